The highest BCUT2D eigenvalue weighted by atomic mass is 16.5. The molecular weight excluding hydrogens is 594 g/mol. The van der Waals surface area contributed by atoms with Crippen LogP contribution in [0.25, 0.3) is 0 Å². The molecule has 2 heterocycles. The SMILES string of the molecule is CCN(c1cc(C#CCN2CCOCC2)cc(C(=O)NCc2c(C)cc(C)[nH]c2=O)c1C)C1CCC(N(CC(C)(C)C)C(=O)O)CC1. The lowest BCUT2D eigenvalue weighted by molar-refractivity contribution is 0.0443. The monoisotopic (exact) mass is 647 g/mol. The zero-order valence-electron chi connectivity index (χ0n) is 29.3. The summed E-state index contributed by atoms with van der Waals surface area (Å²) in [6.45, 7) is 19.1. The summed E-state index contributed by atoms with van der Waals surface area (Å²) in [6.07, 6.45) is 2.44. The Morgan fingerprint density at radius 3 is 2.32 bits per heavy atom. The molecular formula is C37H53N5O5. The van der Waals surface area contributed by atoms with E-state index in [0.717, 1.165) is 73.4 Å². The van der Waals surface area contributed by atoms with Crippen molar-refractivity contribution in [2.24, 2.45) is 5.41 Å². The molecule has 2 aromatic rings. The number of H-pyrrole nitrogens is 1. The predicted molar refractivity (Wildman–Crippen MR) is 186 cm³/mol. The molecule has 1 saturated carbocycles. The van der Waals surface area contributed by atoms with Gasteiger partial charge >= 0.3 is 6.09 Å². The number of ether oxygens (including phenoxy) is 1. The summed E-state index contributed by atoms with van der Waals surface area (Å²) in [4.78, 5) is 47.6. The van der Waals surface area contributed by atoms with Crippen molar-refractivity contribution in [1.29, 1.82) is 0 Å². The second-order valence-electron chi connectivity index (χ2n) is 14.2. The van der Waals surface area contributed by atoms with Crippen LogP contribution in [0.1, 0.15) is 91.7 Å². The summed E-state index contributed by atoms with van der Waals surface area (Å²) in [5.41, 5.74) is 4.97. The van der Waals surface area contributed by atoms with Crippen molar-refractivity contribution >= 4 is 17.7 Å². The van der Waals surface area contributed by atoms with E-state index in [1.807, 2.05) is 32.9 Å². The Kier molecular flexibility index (Phi) is 12.2. The maximum atomic E-state index is 13.8. The highest BCUT2D eigenvalue weighted by Crippen LogP contribution is 2.34. The van der Waals surface area contributed by atoms with E-state index in [4.69, 9.17) is 4.74 Å². The summed E-state index contributed by atoms with van der Waals surface area (Å²) in [7, 11) is 0. The molecule has 0 bridgehead atoms. The minimum atomic E-state index is -0.853. The van der Waals surface area contributed by atoms with E-state index in [1.165, 1.54) is 0 Å². The predicted octanol–water partition coefficient (Wildman–Crippen LogP) is 5.08. The molecule has 10 heteroatoms. The third-order valence-electron chi connectivity index (χ3n) is 9.27. The van der Waals surface area contributed by atoms with Crippen molar-refractivity contribution < 1.29 is 19.4 Å². The van der Waals surface area contributed by atoms with Gasteiger partial charge in [0.05, 0.1) is 19.8 Å². The van der Waals surface area contributed by atoms with Crippen LogP contribution in [-0.4, -0.2) is 89.9 Å². The van der Waals surface area contributed by atoms with Gasteiger partial charge < -0.3 is 29.9 Å². The lowest BCUT2D eigenvalue weighted by Crippen LogP contribution is -2.48. The Labute approximate surface area is 279 Å². The number of rotatable bonds is 9. The Bertz CT molecular complexity index is 1540. The van der Waals surface area contributed by atoms with Crippen LogP contribution in [0.3, 0.4) is 0 Å². The van der Waals surface area contributed by atoms with E-state index in [2.05, 4.69) is 65.7 Å². The smallest absolute Gasteiger partial charge is 0.407 e. The number of carbonyl (C=O) groups is 2. The fourth-order valence-corrected chi connectivity index (χ4v) is 6.85. The number of amides is 2. The summed E-state index contributed by atoms with van der Waals surface area (Å²) in [5, 5.41) is 13.0. The quantitative estimate of drug-likeness (QED) is 0.325. The molecule has 0 atom stereocenters. The number of anilines is 1. The number of pyridine rings is 1. The van der Waals surface area contributed by atoms with Crippen LogP contribution < -0.4 is 15.8 Å². The maximum Gasteiger partial charge on any atom is 0.407 e. The van der Waals surface area contributed by atoms with Gasteiger partial charge in [-0.1, -0.05) is 32.6 Å². The molecule has 1 aliphatic carbocycles. The first kappa shape index (κ1) is 36.0. The van der Waals surface area contributed by atoms with Gasteiger partial charge in [0, 0.05) is 72.9 Å². The summed E-state index contributed by atoms with van der Waals surface area (Å²) < 4.78 is 5.47. The van der Waals surface area contributed by atoms with Gasteiger partial charge in [-0.25, -0.2) is 4.79 Å². The zero-order valence-corrected chi connectivity index (χ0v) is 29.3. The van der Waals surface area contributed by atoms with Crippen LogP contribution in [0, 0.1) is 38.0 Å². The number of hydrogen-bond acceptors (Lipinski definition) is 6. The molecule has 0 radical (unpaired) electrons. The molecule has 2 amide bonds. The summed E-state index contributed by atoms with van der Waals surface area (Å²) >= 11 is 0. The van der Waals surface area contributed by atoms with Gasteiger partial charge in [-0.15, -0.1) is 0 Å². The van der Waals surface area contributed by atoms with Crippen molar-refractivity contribution in [3.8, 4) is 11.8 Å². The minimum absolute atomic E-state index is 0.00473. The van der Waals surface area contributed by atoms with Crippen LogP contribution in [0.5, 0.6) is 0 Å². The van der Waals surface area contributed by atoms with Gasteiger partial charge in [0.15, 0.2) is 0 Å². The Morgan fingerprint density at radius 1 is 1.06 bits per heavy atom. The first-order valence-corrected chi connectivity index (χ1v) is 16.9. The molecule has 10 nitrogen and oxygen atoms in total. The first-order chi connectivity index (χ1) is 22.3. The van der Waals surface area contributed by atoms with Crippen molar-refractivity contribution in [2.75, 3.05) is 50.8 Å². The number of morpholine rings is 1. The van der Waals surface area contributed by atoms with Gasteiger partial charge in [-0.2, -0.15) is 0 Å². The highest BCUT2D eigenvalue weighted by Gasteiger charge is 2.33. The number of carboxylic acid groups (broad SMARTS) is 1. The molecule has 3 N–H and O–H groups in total. The molecule has 1 aliphatic heterocycles. The molecule has 2 fully saturated rings. The average Bonchev–Trinajstić information content (AvgIpc) is 3.01. The standard InChI is InChI=1S/C37H53N5O5/c1-8-41(29-11-13-30(14-12-29)42(36(45)46)24-37(5,6)7)33-22-28(10-9-15-40-16-18-47-19-17-40)21-31(27(33)4)34(43)38-23-32-25(2)20-26(3)39-35(32)44/h20-22,29-30H,8,11-19,23-24H2,1-7H3,(H,38,43)(H,39,44)(H,45,46). The van der Waals surface area contributed by atoms with Gasteiger partial charge in [-0.3, -0.25) is 14.5 Å². The van der Waals surface area contributed by atoms with E-state index in [1.54, 1.807) is 4.90 Å². The molecule has 256 valence electrons. The van der Waals surface area contributed by atoms with Crippen molar-refractivity contribution in [3.63, 3.8) is 0 Å². The Balaban J connectivity index is 1.60. The number of carbonyl (C=O) groups excluding carboxylic acids is 1. The van der Waals surface area contributed by atoms with E-state index < -0.39 is 6.09 Å². The molecule has 0 spiro atoms. The van der Waals surface area contributed by atoms with Gasteiger partial charge in [0.2, 0.25) is 0 Å². The fourth-order valence-electron chi connectivity index (χ4n) is 6.85. The zero-order chi connectivity index (χ0) is 34.3. The molecule has 2 aliphatic rings. The maximum absolute atomic E-state index is 13.8. The fraction of sp³-hybridized carbons (Fsp3) is 0.595. The summed E-state index contributed by atoms with van der Waals surface area (Å²) in [5.74, 6) is 6.38. The van der Waals surface area contributed by atoms with Crippen LogP contribution in [-0.2, 0) is 11.3 Å². The number of aryl methyl sites for hydroxylation is 2. The topological polar surface area (TPSA) is 118 Å². The van der Waals surface area contributed by atoms with Crippen LogP contribution in [0.15, 0.2) is 23.0 Å². The molecule has 1 aromatic carbocycles. The first-order valence-electron chi connectivity index (χ1n) is 16.9. The second-order valence-corrected chi connectivity index (χ2v) is 14.2. The lowest BCUT2D eigenvalue weighted by Gasteiger charge is -2.42. The van der Waals surface area contributed by atoms with Crippen molar-refractivity contribution in [1.82, 2.24) is 20.1 Å². The van der Waals surface area contributed by atoms with Gasteiger partial charge in [-0.05, 0) is 88.1 Å². The lowest BCUT2D eigenvalue weighted by atomic mass is 9.87. The Hall–Kier alpha value is -3.81. The van der Waals surface area contributed by atoms with Gasteiger partial charge in [0.25, 0.3) is 11.5 Å². The highest BCUT2D eigenvalue weighted by molar-refractivity contribution is 5.97. The van der Waals surface area contributed by atoms with E-state index in [-0.39, 0.29) is 35.5 Å². The number of aromatic amines is 1. The van der Waals surface area contributed by atoms with E-state index in [0.29, 0.717) is 37.4 Å². The van der Waals surface area contributed by atoms with E-state index >= 15 is 0 Å². The molecule has 0 unspecified atom stereocenters. The molecule has 47 heavy (non-hydrogen) atoms. The van der Waals surface area contributed by atoms with Crippen molar-refractivity contribution in [3.05, 3.63) is 62.1 Å². The third kappa shape index (κ3) is 9.61. The summed E-state index contributed by atoms with van der Waals surface area (Å²) in [6, 6.07) is 6.06. The third-order valence-corrected chi connectivity index (χ3v) is 9.27. The largest absolute Gasteiger partial charge is 0.465 e. The van der Waals surface area contributed by atoms with Crippen molar-refractivity contribution in [2.45, 2.75) is 92.8 Å². The number of nitrogens with zero attached hydrogens (tertiary/aromatic N) is 3. The minimum Gasteiger partial charge on any atom is -0.465 e. The average molecular weight is 648 g/mol. The van der Waals surface area contributed by atoms with Gasteiger partial charge in [0.1, 0.15) is 0 Å². The molecule has 1 saturated heterocycles. The molecule has 1 aromatic heterocycles. The number of nitrogens with one attached hydrogen (secondary N) is 2. The number of aromatic nitrogens is 1. The Morgan fingerprint density at radius 2 is 1.72 bits per heavy atom. The van der Waals surface area contributed by atoms with Crippen LogP contribution in [0.2, 0.25) is 0 Å². The van der Waals surface area contributed by atoms with E-state index in [9.17, 15) is 19.5 Å². The second kappa shape index (κ2) is 15.9. The van der Waals surface area contributed by atoms with Crippen LogP contribution in [0.4, 0.5) is 10.5 Å². The normalized spacial score (nSPS) is 18.6. The number of benzene rings is 1. The molecule has 4 rings (SSSR count). The number of hydrogen-bond donors (Lipinski definition) is 3. The van der Waals surface area contributed by atoms with Crippen LogP contribution >= 0.6 is 0 Å².